The van der Waals surface area contributed by atoms with Crippen molar-refractivity contribution in [3.8, 4) is 0 Å². The van der Waals surface area contributed by atoms with E-state index in [-0.39, 0.29) is 10.3 Å². The van der Waals surface area contributed by atoms with Crippen molar-refractivity contribution < 1.29 is 8.42 Å². The standard InChI is InChI=1S/C10H14N2O2S2/c13-16(14,8-4-2-1-3-5-8)10-7-6-9(15)11-12-10/h6-8H,1-5H2,(H,11,15). The van der Waals surface area contributed by atoms with Gasteiger partial charge in [0.1, 0.15) is 4.64 Å². The van der Waals surface area contributed by atoms with Gasteiger partial charge in [0.05, 0.1) is 5.25 Å². The number of aromatic nitrogens is 2. The van der Waals surface area contributed by atoms with Gasteiger partial charge < -0.3 is 0 Å². The van der Waals surface area contributed by atoms with Gasteiger partial charge >= 0.3 is 0 Å². The maximum absolute atomic E-state index is 12.2. The molecule has 1 fully saturated rings. The number of hydrogen-bond acceptors (Lipinski definition) is 4. The van der Waals surface area contributed by atoms with Gasteiger partial charge in [0.15, 0.2) is 14.9 Å². The topological polar surface area (TPSA) is 62.8 Å². The van der Waals surface area contributed by atoms with Crippen LogP contribution in [0.4, 0.5) is 0 Å². The van der Waals surface area contributed by atoms with Crippen molar-refractivity contribution in [3.05, 3.63) is 16.8 Å². The summed E-state index contributed by atoms with van der Waals surface area (Å²) in [6, 6.07) is 3.06. The highest BCUT2D eigenvalue weighted by Gasteiger charge is 2.29. The summed E-state index contributed by atoms with van der Waals surface area (Å²) in [7, 11) is -3.27. The zero-order chi connectivity index (χ0) is 11.6. The molecular weight excluding hydrogens is 244 g/mol. The van der Waals surface area contributed by atoms with E-state index < -0.39 is 9.84 Å². The second-order valence-corrected chi connectivity index (χ2v) is 6.68. The van der Waals surface area contributed by atoms with E-state index in [1.807, 2.05) is 0 Å². The number of hydrogen-bond donors (Lipinski definition) is 1. The van der Waals surface area contributed by atoms with E-state index in [1.54, 1.807) is 6.07 Å². The molecule has 1 N–H and O–H groups in total. The lowest BCUT2D eigenvalue weighted by molar-refractivity contribution is 0.481. The van der Waals surface area contributed by atoms with Gasteiger partial charge in [0.2, 0.25) is 0 Å². The highest BCUT2D eigenvalue weighted by atomic mass is 32.2. The quantitative estimate of drug-likeness (QED) is 0.826. The van der Waals surface area contributed by atoms with Crippen LogP contribution in [0.5, 0.6) is 0 Å². The molecule has 2 rings (SSSR count). The third-order valence-corrected chi connectivity index (χ3v) is 5.32. The van der Waals surface area contributed by atoms with Crippen LogP contribution in [0.3, 0.4) is 0 Å². The van der Waals surface area contributed by atoms with Gasteiger partial charge in [-0.15, -0.1) is 0 Å². The molecule has 0 radical (unpaired) electrons. The molecule has 0 atom stereocenters. The van der Waals surface area contributed by atoms with Crippen LogP contribution in [-0.2, 0) is 9.84 Å². The molecule has 1 aromatic heterocycles. The van der Waals surface area contributed by atoms with Crippen LogP contribution in [0.25, 0.3) is 0 Å². The van der Waals surface area contributed by atoms with E-state index in [1.165, 1.54) is 6.07 Å². The summed E-state index contributed by atoms with van der Waals surface area (Å²) < 4.78 is 24.8. The van der Waals surface area contributed by atoms with E-state index in [4.69, 9.17) is 12.2 Å². The lowest BCUT2D eigenvalue weighted by atomic mass is 10.0. The van der Waals surface area contributed by atoms with E-state index in [0.29, 0.717) is 4.64 Å². The number of H-pyrrole nitrogens is 1. The zero-order valence-electron chi connectivity index (χ0n) is 8.85. The van der Waals surface area contributed by atoms with Crippen LogP contribution in [0, 0.1) is 4.64 Å². The monoisotopic (exact) mass is 258 g/mol. The minimum absolute atomic E-state index is 0.119. The maximum atomic E-state index is 12.2. The number of nitrogens with one attached hydrogen (secondary N) is 1. The summed E-state index contributed by atoms with van der Waals surface area (Å²) in [4.78, 5) is 0. The fraction of sp³-hybridized carbons (Fsp3) is 0.600. The molecule has 0 unspecified atom stereocenters. The molecule has 0 bridgehead atoms. The summed E-state index contributed by atoms with van der Waals surface area (Å²) in [5.74, 6) is 0. The molecule has 1 aliphatic carbocycles. The summed E-state index contributed by atoms with van der Waals surface area (Å²) in [5, 5.41) is 6.19. The number of rotatable bonds is 2. The SMILES string of the molecule is O=S(=O)(c1ccc(=S)[nH]n1)C1CCCCC1. The number of aromatic amines is 1. The predicted molar refractivity (Wildman–Crippen MR) is 63.5 cm³/mol. The fourth-order valence-electron chi connectivity index (χ4n) is 2.04. The van der Waals surface area contributed by atoms with Crippen molar-refractivity contribution in [1.82, 2.24) is 10.2 Å². The number of sulfone groups is 1. The first-order valence-corrected chi connectivity index (χ1v) is 7.36. The summed E-state index contributed by atoms with van der Waals surface area (Å²) >= 11 is 4.84. The second-order valence-electron chi connectivity index (χ2n) is 4.06. The molecule has 0 spiro atoms. The van der Waals surface area contributed by atoms with Crippen LogP contribution in [-0.4, -0.2) is 23.9 Å². The van der Waals surface area contributed by atoms with Gasteiger partial charge in [-0.25, -0.2) is 8.42 Å². The maximum Gasteiger partial charge on any atom is 0.200 e. The smallest absolute Gasteiger partial charge is 0.200 e. The largest absolute Gasteiger partial charge is 0.267 e. The zero-order valence-corrected chi connectivity index (χ0v) is 10.5. The van der Waals surface area contributed by atoms with E-state index in [9.17, 15) is 8.42 Å². The van der Waals surface area contributed by atoms with Gasteiger partial charge in [-0.05, 0) is 25.0 Å². The second kappa shape index (κ2) is 4.63. The molecule has 0 aliphatic heterocycles. The molecule has 4 nitrogen and oxygen atoms in total. The molecule has 1 aliphatic rings. The van der Waals surface area contributed by atoms with Gasteiger partial charge in [-0.1, -0.05) is 31.5 Å². The first-order valence-electron chi connectivity index (χ1n) is 5.40. The van der Waals surface area contributed by atoms with Crippen LogP contribution < -0.4 is 0 Å². The third-order valence-electron chi connectivity index (χ3n) is 2.94. The Morgan fingerprint density at radius 3 is 2.50 bits per heavy atom. The highest BCUT2D eigenvalue weighted by molar-refractivity contribution is 7.92. The Morgan fingerprint density at radius 1 is 1.25 bits per heavy atom. The molecule has 0 amide bonds. The average Bonchev–Trinajstić information content (AvgIpc) is 2.31. The van der Waals surface area contributed by atoms with Crippen LogP contribution in [0.1, 0.15) is 32.1 Å². The van der Waals surface area contributed by atoms with Crippen molar-refractivity contribution in [2.75, 3.05) is 0 Å². The lowest BCUT2D eigenvalue weighted by Crippen LogP contribution is -2.25. The molecule has 16 heavy (non-hydrogen) atoms. The Morgan fingerprint density at radius 2 is 1.94 bits per heavy atom. The lowest BCUT2D eigenvalue weighted by Gasteiger charge is -2.20. The minimum Gasteiger partial charge on any atom is -0.267 e. The predicted octanol–water partition coefficient (Wildman–Crippen LogP) is 2.25. The van der Waals surface area contributed by atoms with Crippen molar-refractivity contribution in [1.29, 1.82) is 0 Å². The van der Waals surface area contributed by atoms with Gasteiger partial charge in [-0.3, -0.25) is 5.10 Å². The third kappa shape index (κ3) is 2.32. The fourth-order valence-corrected chi connectivity index (χ4v) is 3.88. The summed E-state index contributed by atoms with van der Waals surface area (Å²) in [5.41, 5.74) is 0. The summed E-state index contributed by atoms with van der Waals surface area (Å²) in [6.07, 6.45) is 4.62. The van der Waals surface area contributed by atoms with E-state index >= 15 is 0 Å². The molecule has 0 aromatic carbocycles. The number of nitrogens with zero attached hydrogens (tertiary/aromatic N) is 1. The molecular formula is C10H14N2O2S2. The first-order chi connectivity index (χ1) is 7.60. The average molecular weight is 258 g/mol. The van der Waals surface area contributed by atoms with Crippen LogP contribution in [0.2, 0.25) is 0 Å². The normalized spacial score (nSPS) is 18.5. The molecule has 0 saturated heterocycles. The van der Waals surface area contributed by atoms with Crippen molar-refractivity contribution in [2.45, 2.75) is 42.4 Å². The van der Waals surface area contributed by atoms with E-state index in [0.717, 1.165) is 32.1 Å². The van der Waals surface area contributed by atoms with Gasteiger partial charge in [-0.2, -0.15) is 5.10 Å². The Bertz CT molecular complexity index is 495. The Kier molecular flexibility index (Phi) is 3.39. The van der Waals surface area contributed by atoms with E-state index in [2.05, 4.69) is 10.2 Å². The Labute approximate surface area is 100 Å². The molecule has 1 saturated carbocycles. The molecule has 6 heteroatoms. The highest BCUT2D eigenvalue weighted by Crippen LogP contribution is 2.27. The molecule has 1 aromatic rings. The first kappa shape index (κ1) is 11.7. The minimum atomic E-state index is -3.27. The van der Waals surface area contributed by atoms with Gasteiger partial charge in [0.25, 0.3) is 0 Å². The van der Waals surface area contributed by atoms with Crippen LogP contribution in [0.15, 0.2) is 17.2 Å². The van der Waals surface area contributed by atoms with Crippen LogP contribution >= 0.6 is 12.2 Å². The Balaban J connectivity index is 2.30. The van der Waals surface area contributed by atoms with Crippen molar-refractivity contribution in [3.63, 3.8) is 0 Å². The summed E-state index contributed by atoms with van der Waals surface area (Å²) in [6.45, 7) is 0. The molecule has 1 heterocycles. The molecule has 88 valence electrons. The Hall–Kier alpha value is -0.750. The van der Waals surface area contributed by atoms with Crippen molar-refractivity contribution >= 4 is 22.1 Å². The van der Waals surface area contributed by atoms with Gasteiger partial charge in [0, 0.05) is 0 Å². The van der Waals surface area contributed by atoms with Crippen molar-refractivity contribution in [2.24, 2.45) is 0 Å².